The Morgan fingerprint density at radius 2 is 1.90 bits per heavy atom. The average molecular weight is 392 g/mol. The molecule has 2 aromatic carbocycles. The molecule has 3 heterocycles. The van der Waals surface area contributed by atoms with E-state index >= 15 is 0 Å². The van der Waals surface area contributed by atoms with Gasteiger partial charge in [-0.2, -0.15) is 0 Å². The lowest BCUT2D eigenvalue weighted by atomic mass is 9.94. The lowest BCUT2D eigenvalue weighted by Crippen LogP contribution is -2.11. The number of carbonyl (C=O) groups is 1. The number of hydrogen-bond donors (Lipinski definition) is 0. The number of carbonyl (C=O) groups excluding carboxylic acids is 1. The van der Waals surface area contributed by atoms with Crippen molar-refractivity contribution >= 4 is 28.5 Å². The van der Waals surface area contributed by atoms with Crippen molar-refractivity contribution in [3.05, 3.63) is 107 Å². The Hall–Kier alpha value is -3.79. The van der Waals surface area contributed by atoms with Gasteiger partial charge < -0.3 is 4.42 Å². The first-order valence-electron chi connectivity index (χ1n) is 10.1. The molecule has 4 heteroatoms. The first-order valence-corrected chi connectivity index (χ1v) is 10.1. The summed E-state index contributed by atoms with van der Waals surface area (Å²) in [5.41, 5.74) is 5.66. The number of ketones is 1. The monoisotopic (exact) mass is 392 g/mol. The van der Waals surface area contributed by atoms with Crippen LogP contribution in [0.25, 0.3) is 17.0 Å². The Kier molecular flexibility index (Phi) is 4.81. The fourth-order valence-corrected chi connectivity index (χ4v) is 3.80. The van der Waals surface area contributed by atoms with Crippen LogP contribution in [-0.4, -0.2) is 23.0 Å². The third-order valence-corrected chi connectivity index (χ3v) is 5.25. The van der Waals surface area contributed by atoms with Crippen molar-refractivity contribution in [2.45, 2.75) is 12.8 Å². The van der Waals surface area contributed by atoms with Gasteiger partial charge in [0, 0.05) is 35.5 Å². The van der Waals surface area contributed by atoms with Crippen molar-refractivity contribution in [2.75, 3.05) is 6.54 Å². The normalized spacial score (nSPS) is 15.3. The molecule has 2 aromatic heterocycles. The van der Waals surface area contributed by atoms with Crippen LogP contribution < -0.4 is 0 Å². The zero-order valence-electron chi connectivity index (χ0n) is 16.4. The summed E-state index contributed by atoms with van der Waals surface area (Å²) in [6.45, 7) is 0.841. The van der Waals surface area contributed by atoms with Crippen LogP contribution in [0.4, 0.5) is 0 Å². The second-order valence-corrected chi connectivity index (χ2v) is 7.35. The number of benzene rings is 2. The highest BCUT2D eigenvalue weighted by Gasteiger charge is 2.16. The van der Waals surface area contributed by atoms with Crippen molar-refractivity contribution in [3.63, 3.8) is 0 Å². The molecule has 0 N–H and O–H groups in total. The zero-order chi connectivity index (χ0) is 20.3. The highest BCUT2D eigenvalue weighted by atomic mass is 16.3. The van der Waals surface area contributed by atoms with Gasteiger partial charge in [-0.1, -0.05) is 36.4 Å². The third kappa shape index (κ3) is 3.60. The molecular formula is C26H20N2O2. The van der Waals surface area contributed by atoms with Crippen molar-refractivity contribution in [2.24, 2.45) is 4.99 Å². The molecule has 1 aliphatic rings. The molecule has 0 unspecified atom stereocenters. The van der Waals surface area contributed by atoms with E-state index in [1.165, 1.54) is 5.57 Å². The van der Waals surface area contributed by atoms with Crippen molar-refractivity contribution in [3.8, 4) is 0 Å². The van der Waals surface area contributed by atoms with Gasteiger partial charge >= 0.3 is 0 Å². The first kappa shape index (κ1) is 18.3. The second kappa shape index (κ2) is 7.91. The topological polar surface area (TPSA) is 55.5 Å². The predicted molar refractivity (Wildman–Crippen MR) is 119 cm³/mol. The van der Waals surface area contributed by atoms with E-state index in [0.29, 0.717) is 16.9 Å². The summed E-state index contributed by atoms with van der Waals surface area (Å²) in [6, 6.07) is 21.0. The van der Waals surface area contributed by atoms with E-state index < -0.39 is 0 Å². The van der Waals surface area contributed by atoms with Gasteiger partial charge in [0.15, 0.2) is 5.76 Å². The van der Waals surface area contributed by atoms with Crippen molar-refractivity contribution in [1.82, 2.24) is 4.98 Å². The number of furan rings is 1. The lowest BCUT2D eigenvalue weighted by Gasteiger charge is -2.16. The summed E-state index contributed by atoms with van der Waals surface area (Å²) in [7, 11) is 0. The van der Waals surface area contributed by atoms with Crippen LogP contribution in [0.1, 0.15) is 40.1 Å². The molecule has 0 spiro atoms. The number of aliphatic imine (C=N–C) groups is 1. The summed E-state index contributed by atoms with van der Waals surface area (Å²) in [5.74, 6) is 0.251. The highest BCUT2D eigenvalue weighted by Crippen LogP contribution is 2.26. The minimum atomic E-state index is -0.106. The summed E-state index contributed by atoms with van der Waals surface area (Å²) >= 11 is 0. The Labute approximate surface area is 174 Å². The van der Waals surface area contributed by atoms with Crippen LogP contribution in [0.3, 0.4) is 0 Å². The molecule has 0 atom stereocenters. The van der Waals surface area contributed by atoms with E-state index in [1.807, 2.05) is 54.7 Å². The van der Waals surface area contributed by atoms with Gasteiger partial charge in [-0.25, -0.2) is 0 Å². The predicted octanol–water partition coefficient (Wildman–Crippen LogP) is 5.73. The highest BCUT2D eigenvalue weighted by molar-refractivity contribution is 6.15. The molecule has 0 aliphatic carbocycles. The molecule has 0 amide bonds. The Morgan fingerprint density at radius 3 is 2.73 bits per heavy atom. The van der Waals surface area contributed by atoms with E-state index in [0.717, 1.165) is 41.6 Å². The Balaban J connectivity index is 1.48. The molecule has 0 fully saturated rings. The van der Waals surface area contributed by atoms with Gasteiger partial charge in [-0.15, -0.1) is 0 Å². The van der Waals surface area contributed by atoms with Crippen molar-refractivity contribution < 1.29 is 9.21 Å². The van der Waals surface area contributed by atoms with Gasteiger partial charge in [0.2, 0.25) is 5.78 Å². The maximum Gasteiger partial charge on any atom is 0.228 e. The molecule has 146 valence electrons. The van der Waals surface area contributed by atoms with E-state index in [2.05, 4.69) is 17.1 Å². The van der Waals surface area contributed by atoms with Crippen LogP contribution in [0, 0.1) is 0 Å². The second-order valence-electron chi connectivity index (χ2n) is 7.35. The molecule has 4 aromatic rings. The maximum absolute atomic E-state index is 12.7. The molecule has 5 rings (SSSR count). The number of nitrogens with zero attached hydrogens (tertiary/aromatic N) is 2. The molecule has 30 heavy (non-hydrogen) atoms. The van der Waals surface area contributed by atoms with Crippen LogP contribution in [0.2, 0.25) is 0 Å². The zero-order valence-corrected chi connectivity index (χ0v) is 16.4. The van der Waals surface area contributed by atoms with Crippen LogP contribution in [0.5, 0.6) is 0 Å². The lowest BCUT2D eigenvalue weighted by molar-refractivity contribution is 0.101. The smallest absolute Gasteiger partial charge is 0.228 e. The van der Waals surface area contributed by atoms with Gasteiger partial charge in [-0.3, -0.25) is 14.8 Å². The van der Waals surface area contributed by atoms with Gasteiger partial charge in [0.25, 0.3) is 0 Å². The summed E-state index contributed by atoms with van der Waals surface area (Å²) in [5, 5.41) is 0.916. The molecular weight excluding hydrogens is 372 g/mol. The first-order chi connectivity index (χ1) is 14.8. The number of fused-ring (bicyclic) bond motifs is 1. The molecule has 1 aliphatic heterocycles. The van der Waals surface area contributed by atoms with Crippen LogP contribution >= 0.6 is 0 Å². The fraction of sp³-hybridized carbons (Fsp3) is 0.115. The fourth-order valence-electron chi connectivity index (χ4n) is 3.80. The number of allylic oxidation sites excluding steroid dienone is 1. The summed E-state index contributed by atoms with van der Waals surface area (Å²) in [4.78, 5) is 21.7. The molecule has 0 saturated carbocycles. The summed E-state index contributed by atoms with van der Waals surface area (Å²) in [6.07, 6.45) is 7.83. The molecule has 0 bridgehead atoms. The molecule has 0 radical (unpaired) electrons. The van der Waals surface area contributed by atoms with Gasteiger partial charge in [-0.05, 0) is 60.4 Å². The van der Waals surface area contributed by atoms with Gasteiger partial charge in [0.1, 0.15) is 5.58 Å². The summed E-state index contributed by atoms with van der Waals surface area (Å²) < 4.78 is 5.82. The Bertz CT molecular complexity index is 1270. The van der Waals surface area contributed by atoms with E-state index in [-0.39, 0.29) is 5.78 Å². The minimum absolute atomic E-state index is 0.106. The molecule has 4 nitrogen and oxygen atoms in total. The average Bonchev–Trinajstić information content (AvgIpc) is 3.23. The quantitative estimate of drug-likeness (QED) is 0.417. The van der Waals surface area contributed by atoms with Crippen LogP contribution in [-0.2, 0) is 0 Å². The third-order valence-electron chi connectivity index (χ3n) is 5.25. The van der Waals surface area contributed by atoms with E-state index in [1.54, 1.807) is 18.3 Å². The van der Waals surface area contributed by atoms with E-state index in [4.69, 9.17) is 9.41 Å². The van der Waals surface area contributed by atoms with Crippen LogP contribution in [0.15, 0.2) is 94.1 Å². The van der Waals surface area contributed by atoms with E-state index in [9.17, 15) is 4.79 Å². The number of aromatic nitrogens is 1. The largest absolute Gasteiger partial charge is 0.453 e. The number of pyridine rings is 1. The maximum atomic E-state index is 12.7. The standard InChI is InChI=1S/C26H20N2O2/c29-26(19-6-2-1-3-7-19)24-16-22-15-18(10-11-23(22)30-24)14-20-8-5-13-28-25(20)21-9-4-12-27-17-21/h1-4,6-7,9-12,14-17H,5,8,13H2. The molecule has 0 saturated heterocycles. The Morgan fingerprint density at radius 1 is 1.00 bits per heavy atom. The van der Waals surface area contributed by atoms with Crippen molar-refractivity contribution in [1.29, 1.82) is 0 Å². The number of hydrogen-bond acceptors (Lipinski definition) is 4. The minimum Gasteiger partial charge on any atom is -0.453 e. The SMILES string of the molecule is O=C(c1ccccc1)c1cc2cc(C=C3CCCN=C3c3cccnc3)ccc2o1. The number of rotatable bonds is 4. The van der Waals surface area contributed by atoms with Gasteiger partial charge in [0.05, 0.1) is 5.71 Å².